The zero-order chi connectivity index (χ0) is 11.3. The van der Waals surface area contributed by atoms with Gasteiger partial charge in [0, 0.05) is 6.42 Å². The summed E-state index contributed by atoms with van der Waals surface area (Å²) < 4.78 is 5.19. The smallest absolute Gasteiger partial charge is 0.147 e. The molecule has 0 atom stereocenters. The standard InChI is InChI=1S/C12H15BrO2/c1-3-9-4-10(5-11(14)8-13)7-12(6-9)15-2/h4,6-7H,3,5,8H2,1-2H3. The Bertz CT molecular complexity index is 325. The van der Waals surface area contributed by atoms with Crippen LogP contribution in [0.25, 0.3) is 0 Å². The summed E-state index contributed by atoms with van der Waals surface area (Å²) in [5.74, 6) is 1.01. The van der Waals surface area contributed by atoms with Crippen molar-refractivity contribution < 1.29 is 9.53 Å². The Labute approximate surface area is 98.8 Å². The average molecular weight is 271 g/mol. The molecule has 0 fully saturated rings. The Balaban J connectivity index is 2.91. The lowest BCUT2D eigenvalue weighted by atomic mass is 10.0. The van der Waals surface area contributed by atoms with Gasteiger partial charge in [0.1, 0.15) is 11.5 Å². The van der Waals surface area contributed by atoms with Crippen LogP contribution in [0.3, 0.4) is 0 Å². The van der Waals surface area contributed by atoms with E-state index in [1.807, 2.05) is 12.1 Å². The van der Waals surface area contributed by atoms with Gasteiger partial charge in [0.25, 0.3) is 0 Å². The van der Waals surface area contributed by atoms with Crippen molar-refractivity contribution >= 4 is 21.7 Å². The molecule has 0 saturated heterocycles. The highest BCUT2D eigenvalue weighted by molar-refractivity contribution is 9.09. The number of rotatable bonds is 5. The first kappa shape index (κ1) is 12.2. The minimum atomic E-state index is 0.185. The maximum absolute atomic E-state index is 11.3. The van der Waals surface area contributed by atoms with Crippen LogP contribution in [-0.2, 0) is 17.6 Å². The van der Waals surface area contributed by atoms with Crippen LogP contribution < -0.4 is 4.74 Å². The number of hydrogen-bond donors (Lipinski definition) is 0. The maximum atomic E-state index is 11.3. The van der Waals surface area contributed by atoms with Gasteiger partial charge >= 0.3 is 0 Å². The quantitative estimate of drug-likeness (QED) is 0.770. The minimum absolute atomic E-state index is 0.185. The van der Waals surface area contributed by atoms with Crippen molar-refractivity contribution in [3.63, 3.8) is 0 Å². The van der Waals surface area contributed by atoms with Crippen LogP contribution in [0.1, 0.15) is 18.1 Å². The van der Waals surface area contributed by atoms with E-state index in [0.717, 1.165) is 17.7 Å². The fraction of sp³-hybridized carbons (Fsp3) is 0.417. The zero-order valence-electron chi connectivity index (χ0n) is 9.05. The maximum Gasteiger partial charge on any atom is 0.147 e. The number of alkyl halides is 1. The van der Waals surface area contributed by atoms with Gasteiger partial charge in [0.05, 0.1) is 12.4 Å². The summed E-state index contributed by atoms with van der Waals surface area (Å²) in [6, 6.07) is 5.98. The van der Waals surface area contributed by atoms with Gasteiger partial charge in [-0.05, 0) is 29.7 Å². The first-order chi connectivity index (χ1) is 7.19. The summed E-state index contributed by atoms with van der Waals surface area (Å²) in [6.07, 6.45) is 1.42. The van der Waals surface area contributed by atoms with Crippen molar-refractivity contribution in [1.29, 1.82) is 0 Å². The molecule has 0 radical (unpaired) electrons. The Hall–Kier alpha value is -0.830. The number of hydrogen-bond acceptors (Lipinski definition) is 2. The molecule has 1 aromatic rings. The highest BCUT2D eigenvalue weighted by Crippen LogP contribution is 2.18. The van der Waals surface area contributed by atoms with E-state index in [9.17, 15) is 4.79 Å². The Morgan fingerprint density at radius 2 is 2.00 bits per heavy atom. The molecule has 1 rings (SSSR count). The molecule has 3 heteroatoms. The molecule has 0 saturated carbocycles. The largest absolute Gasteiger partial charge is 0.497 e. The van der Waals surface area contributed by atoms with Gasteiger partial charge in [-0.1, -0.05) is 28.9 Å². The first-order valence-corrected chi connectivity index (χ1v) is 6.06. The van der Waals surface area contributed by atoms with Gasteiger partial charge in [-0.3, -0.25) is 4.79 Å². The number of benzene rings is 1. The monoisotopic (exact) mass is 270 g/mol. The van der Waals surface area contributed by atoms with Crippen molar-refractivity contribution in [2.45, 2.75) is 19.8 Å². The third kappa shape index (κ3) is 3.67. The van der Waals surface area contributed by atoms with Crippen molar-refractivity contribution in [3.8, 4) is 5.75 Å². The average Bonchev–Trinajstić information content (AvgIpc) is 2.28. The molecule has 0 unspecified atom stereocenters. The summed E-state index contributed by atoms with van der Waals surface area (Å²) >= 11 is 3.16. The molecular formula is C12H15BrO2. The molecule has 0 bridgehead atoms. The molecule has 0 aromatic heterocycles. The van der Waals surface area contributed by atoms with E-state index in [4.69, 9.17) is 4.74 Å². The highest BCUT2D eigenvalue weighted by Gasteiger charge is 2.05. The van der Waals surface area contributed by atoms with Crippen LogP contribution in [0, 0.1) is 0 Å². The number of Topliss-reactive ketones (excluding diaryl/α,β-unsaturated/α-hetero) is 1. The molecule has 0 amide bonds. The second-order valence-corrected chi connectivity index (χ2v) is 3.95. The fourth-order valence-corrected chi connectivity index (χ4v) is 1.63. The van der Waals surface area contributed by atoms with Gasteiger partial charge in [0.2, 0.25) is 0 Å². The molecule has 0 heterocycles. The zero-order valence-corrected chi connectivity index (χ0v) is 10.6. The molecule has 2 nitrogen and oxygen atoms in total. The summed E-state index contributed by atoms with van der Waals surface area (Å²) in [5.41, 5.74) is 2.22. The number of halogens is 1. The van der Waals surface area contributed by atoms with Crippen molar-refractivity contribution in [2.24, 2.45) is 0 Å². The molecule has 15 heavy (non-hydrogen) atoms. The SMILES string of the molecule is CCc1cc(CC(=O)CBr)cc(OC)c1. The summed E-state index contributed by atoms with van der Waals surface area (Å²) in [4.78, 5) is 11.3. The summed E-state index contributed by atoms with van der Waals surface area (Å²) in [6.45, 7) is 2.09. The van der Waals surface area contributed by atoms with E-state index in [2.05, 4.69) is 28.9 Å². The highest BCUT2D eigenvalue weighted by atomic mass is 79.9. The van der Waals surface area contributed by atoms with E-state index in [0.29, 0.717) is 11.8 Å². The number of carbonyl (C=O) groups is 1. The number of methoxy groups -OCH3 is 1. The van der Waals surface area contributed by atoms with Crippen LogP contribution in [0.5, 0.6) is 5.75 Å². The molecule has 0 N–H and O–H groups in total. The molecule has 82 valence electrons. The van der Waals surface area contributed by atoms with E-state index in [-0.39, 0.29) is 5.78 Å². The topological polar surface area (TPSA) is 26.3 Å². The summed E-state index contributed by atoms with van der Waals surface area (Å²) in [7, 11) is 1.64. The van der Waals surface area contributed by atoms with Gasteiger partial charge in [0.15, 0.2) is 0 Å². The van der Waals surface area contributed by atoms with Gasteiger partial charge < -0.3 is 4.74 Å². The number of ketones is 1. The van der Waals surface area contributed by atoms with Crippen molar-refractivity contribution in [3.05, 3.63) is 29.3 Å². The molecular weight excluding hydrogens is 256 g/mol. The van der Waals surface area contributed by atoms with E-state index < -0.39 is 0 Å². The van der Waals surface area contributed by atoms with E-state index >= 15 is 0 Å². The lowest BCUT2D eigenvalue weighted by Gasteiger charge is -2.06. The molecule has 0 aliphatic carbocycles. The third-order valence-corrected chi connectivity index (χ3v) is 2.85. The fourth-order valence-electron chi connectivity index (χ4n) is 1.43. The van der Waals surface area contributed by atoms with E-state index in [1.54, 1.807) is 7.11 Å². The molecule has 0 spiro atoms. The predicted octanol–water partition coefficient (Wildman–Crippen LogP) is 2.76. The number of carbonyl (C=O) groups excluding carboxylic acids is 1. The normalized spacial score (nSPS) is 10.1. The Morgan fingerprint density at radius 1 is 1.33 bits per heavy atom. The Morgan fingerprint density at radius 3 is 2.53 bits per heavy atom. The summed E-state index contributed by atoms with van der Waals surface area (Å²) in [5, 5.41) is 0.408. The molecule has 0 aliphatic heterocycles. The van der Waals surface area contributed by atoms with Gasteiger partial charge in [-0.25, -0.2) is 0 Å². The van der Waals surface area contributed by atoms with E-state index in [1.165, 1.54) is 5.56 Å². The minimum Gasteiger partial charge on any atom is -0.497 e. The second-order valence-electron chi connectivity index (χ2n) is 3.39. The molecule has 1 aromatic carbocycles. The number of ether oxygens (including phenoxy) is 1. The number of aryl methyl sites for hydroxylation is 1. The van der Waals surface area contributed by atoms with Crippen molar-refractivity contribution in [1.82, 2.24) is 0 Å². The van der Waals surface area contributed by atoms with Crippen LogP contribution in [0.15, 0.2) is 18.2 Å². The lowest BCUT2D eigenvalue weighted by molar-refractivity contribution is -0.115. The molecule has 0 aliphatic rings. The Kier molecular flexibility index (Phi) is 4.82. The first-order valence-electron chi connectivity index (χ1n) is 4.94. The predicted molar refractivity (Wildman–Crippen MR) is 64.9 cm³/mol. The van der Waals surface area contributed by atoms with Crippen LogP contribution in [0.2, 0.25) is 0 Å². The van der Waals surface area contributed by atoms with Crippen molar-refractivity contribution in [2.75, 3.05) is 12.4 Å². The third-order valence-electron chi connectivity index (χ3n) is 2.22. The lowest BCUT2D eigenvalue weighted by Crippen LogP contribution is -2.04. The van der Waals surface area contributed by atoms with Crippen LogP contribution in [-0.4, -0.2) is 18.2 Å². The van der Waals surface area contributed by atoms with Gasteiger partial charge in [-0.2, -0.15) is 0 Å². The van der Waals surface area contributed by atoms with Gasteiger partial charge in [-0.15, -0.1) is 0 Å². The van der Waals surface area contributed by atoms with Crippen LogP contribution in [0.4, 0.5) is 0 Å². The van der Waals surface area contributed by atoms with Crippen LogP contribution >= 0.6 is 15.9 Å². The second kappa shape index (κ2) is 5.91.